The highest BCUT2D eigenvalue weighted by Gasteiger charge is 2.37. The Morgan fingerprint density at radius 3 is 2.08 bits per heavy atom. The molecular weight excluding hydrogens is 489 g/mol. The van der Waals surface area contributed by atoms with Crippen LogP contribution in [0, 0.1) is 0 Å². The summed E-state index contributed by atoms with van der Waals surface area (Å²) in [5, 5.41) is 0. The normalized spacial score (nSPS) is 12.4. The number of hydrogen-bond acceptors (Lipinski definition) is 4. The summed E-state index contributed by atoms with van der Waals surface area (Å²) in [4.78, 5) is 21.5. The number of rotatable bonds is 6. The molecule has 0 heterocycles. The fourth-order valence-electron chi connectivity index (χ4n) is 1.91. The maximum Gasteiger partial charge on any atom is 0.297 e. The van der Waals surface area contributed by atoms with E-state index in [2.05, 4.69) is 31.9 Å². The molecule has 0 bridgehead atoms. The van der Waals surface area contributed by atoms with Gasteiger partial charge >= 0.3 is 0 Å². The van der Waals surface area contributed by atoms with Gasteiger partial charge in [0.15, 0.2) is 0 Å². The Bertz CT molecular complexity index is 766. The first kappa shape index (κ1) is 20.1. The van der Waals surface area contributed by atoms with E-state index < -0.39 is 18.8 Å². The average Bonchev–Trinajstić information content (AvgIpc) is 2.48. The van der Waals surface area contributed by atoms with Crippen molar-refractivity contribution in [3.8, 4) is 0 Å². The molecule has 2 rings (SSSR count). The van der Waals surface area contributed by atoms with Crippen molar-refractivity contribution < 1.29 is 23.1 Å². The van der Waals surface area contributed by atoms with Crippen molar-refractivity contribution in [2.75, 3.05) is 0 Å². The van der Waals surface area contributed by atoms with Gasteiger partial charge in [0.1, 0.15) is 0 Å². The zero-order valence-electron chi connectivity index (χ0n) is 12.0. The van der Waals surface area contributed by atoms with Gasteiger partial charge in [0, 0.05) is 33.6 Å². The van der Waals surface area contributed by atoms with E-state index in [-0.39, 0.29) is 4.47 Å². The molecule has 0 saturated carbocycles. The van der Waals surface area contributed by atoms with E-state index in [9.17, 15) is 23.1 Å². The average molecular weight is 500 g/mol. The van der Waals surface area contributed by atoms with E-state index in [0.717, 1.165) is 27.4 Å². The lowest BCUT2D eigenvalue weighted by molar-refractivity contribution is -0.335. The molecule has 0 aliphatic heterocycles. The summed E-state index contributed by atoms with van der Waals surface area (Å²) in [6.45, 7) is 0. The Balaban J connectivity index is 2.04. The monoisotopic (exact) mass is 498 g/mol. The molecule has 0 aliphatic rings. The lowest BCUT2D eigenvalue weighted by Gasteiger charge is -2.38. The minimum Gasteiger partial charge on any atom is -0.806 e. The molecule has 3 nitrogen and oxygen atoms in total. The molecule has 0 N–H and O–H groups in total. The Morgan fingerprint density at radius 1 is 1.00 bits per heavy atom. The van der Waals surface area contributed by atoms with Crippen LogP contribution in [0.15, 0.2) is 51.4 Å². The second-order valence-electron chi connectivity index (χ2n) is 4.97. The summed E-state index contributed by atoms with van der Waals surface area (Å²) in [6, 6.07) is 11.6. The van der Waals surface area contributed by atoms with Crippen LogP contribution in [0.1, 0.15) is 16.7 Å². The number of hydrogen-bond donors (Lipinski definition) is 0. The topological polar surface area (TPSA) is 63.2 Å². The largest absolute Gasteiger partial charge is 0.806 e. The molecule has 0 radical (unpaired) electrons. The highest BCUT2D eigenvalue weighted by atomic mass is 79.9. The third-order valence-corrected chi connectivity index (χ3v) is 6.34. The second-order valence-corrected chi connectivity index (χ2v) is 9.28. The van der Waals surface area contributed by atoms with Gasteiger partial charge < -0.3 is 14.4 Å². The van der Waals surface area contributed by atoms with Crippen molar-refractivity contribution in [1.29, 1.82) is 0 Å². The zero-order chi connectivity index (χ0) is 18.0. The quantitative estimate of drug-likeness (QED) is 0.544. The highest BCUT2D eigenvalue weighted by molar-refractivity contribution is 9.10. The van der Waals surface area contributed by atoms with Crippen molar-refractivity contribution in [1.82, 2.24) is 0 Å². The molecule has 9 heteroatoms. The van der Waals surface area contributed by atoms with Crippen LogP contribution >= 0.6 is 51.2 Å². The molecule has 2 aromatic carbocycles. The first-order chi connectivity index (χ1) is 11.1. The van der Waals surface area contributed by atoms with Crippen LogP contribution < -0.4 is 9.79 Å². The molecule has 0 spiro atoms. The number of alkyl halides is 2. The molecule has 0 aliphatic carbocycles. The predicted molar refractivity (Wildman–Crippen MR) is 94.8 cm³/mol. The minimum absolute atomic E-state index is 0.0961. The summed E-state index contributed by atoms with van der Waals surface area (Å²) in [5.74, 6) is 1.31. The third kappa shape index (κ3) is 4.90. The molecule has 0 unspecified atom stereocenters. The number of halogens is 4. The van der Waals surface area contributed by atoms with Crippen LogP contribution in [0.5, 0.6) is 0 Å². The van der Waals surface area contributed by atoms with E-state index in [4.69, 9.17) is 0 Å². The van der Waals surface area contributed by atoms with Crippen LogP contribution in [0.2, 0.25) is 0 Å². The zero-order valence-corrected chi connectivity index (χ0v) is 16.9. The molecule has 24 heavy (non-hydrogen) atoms. The van der Waals surface area contributed by atoms with Crippen LogP contribution in [0.3, 0.4) is 0 Å². The summed E-state index contributed by atoms with van der Waals surface area (Å²) >= 11 is 7.88. The summed E-state index contributed by atoms with van der Waals surface area (Å²) < 4.78 is 38.9. The molecule has 2 aromatic rings. The van der Waals surface area contributed by atoms with Crippen molar-refractivity contribution >= 4 is 51.2 Å². The summed E-state index contributed by atoms with van der Waals surface area (Å²) in [6.07, 6.45) is 0. The minimum atomic E-state index is -6.07. The molecule has 0 amide bonds. The van der Waals surface area contributed by atoms with Crippen LogP contribution in [0.25, 0.3) is 0 Å². The van der Waals surface area contributed by atoms with E-state index in [0.29, 0.717) is 5.75 Å². The lowest BCUT2D eigenvalue weighted by Crippen LogP contribution is -2.30. The molecule has 0 saturated heterocycles. The first-order valence-electron chi connectivity index (χ1n) is 6.62. The maximum atomic E-state index is 13.6. The van der Waals surface area contributed by atoms with Crippen molar-refractivity contribution in [2.24, 2.45) is 0 Å². The van der Waals surface area contributed by atoms with Crippen LogP contribution in [-0.4, -0.2) is 0 Å². The smallest absolute Gasteiger partial charge is 0.297 e. The highest BCUT2D eigenvalue weighted by Crippen LogP contribution is 2.54. The van der Waals surface area contributed by atoms with Gasteiger partial charge in [-0.25, -0.2) is 0 Å². The van der Waals surface area contributed by atoms with Gasteiger partial charge in [-0.2, -0.15) is 20.5 Å². The van der Waals surface area contributed by atoms with Crippen LogP contribution in [0.4, 0.5) is 8.78 Å². The number of thioether (sulfide) groups is 1. The van der Waals surface area contributed by atoms with Gasteiger partial charge in [-0.05, 0) is 29.3 Å². The van der Waals surface area contributed by atoms with E-state index in [1.807, 2.05) is 24.3 Å². The Kier molecular flexibility index (Phi) is 6.67. The maximum absolute atomic E-state index is 13.6. The van der Waals surface area contributed by atoms with E-state index >= 15 is 0 Å². The second kappa shape index (κ2) is 7.98. The first-order valence-corrected chi connectivity index (χ1v) is 10.9. The van der Waals surface area contributed by atoms with Gasteiger partial charge in [0.25, 0.3) is 5.66 Å². The van der Waals surface area contributed by atoms with Crippen molar-refractivity contribution in [3.63, 3.8) is 0 Å². The van der Waals surface area contributed by atoms with Crippen molar-refractivity contribution in [2.45, 2.75) is 17.2 Å². The van der Waals surface area contributed by atoms with E-state index in [1.54, 1.807) is 11.8 Å². The molecule has 130 valence electrons. The van der Waals surface area contributed by atoms with Gasteiger partial charge in [-0.3, -0.25) is 0 Å². The SMILES string of the molecule is O=P([O-])([O-])C(F)(F)c1ccc(CSCc2ccc(Br)cc2)cc1Br. The third-order valence-electron chi connectivity index (χ3n) is 3.15. The van der Waals surface area contributed by atoms with Crippen molar-refractivity contribution in [3.05, 3.63) is 68.1 Å². The molecule has 0 aromatic heterocycles. The Hall–Kier alpha value is -0.240. The van der Waals surface area contributed by atoms with Gasteiger partial charge in [0.05, 0.1) is 0 Å². The lowest BCUT2D eigenvalue weighted by atomic mass is 10.1. The standard InChI is InChI=1S/C15H13Br2F2O3PS/c16-12-4-1-10(2-5-12)8-24-9-11-3-6-13(14(17)7-11)15(18,19)23(20,21)22/h1-7H,8-9H2,(H2,20,21,22)/p-2. The Morgan fingerprint density at radius 2 is 1.54 bits per heavy atom. The molecule has 0 fully saturated rings. The summed E-state index contributed by atoms with van der Waals surface area (Å²) in [7, 11) is -6.07. The van der Waals surface area contributed by atoms with Gasteiger partial charge in [-0.1, -0.05) is 56.1 Å². The molecule has 0 atom stereocenters. The van der Waals surface area contributed by atoms with Gasteiger partial charge in [-0.15, -0.1) is 0 Å². The fraction of sp³-hybridized carbons (Fsp3) is 0.200. The molecular formula is C15H11Br2F2O3PS-2. The van der Waals surface area contributed by atoms with Crippen LogP contribution in [-0.2, 0) is 21.7 Å². The number of benzene rings is 2. The fourth-order valence-corrected chi connectivity index (χ4v) is 4.44. The van der Waals surface area contributed by atoms with E-state index in [1.165, 1.54) is 12.1 Å². The van der Waals surface area contributed by atoms with Gasteiger partial charge in [0.2, 0.25) is 0 Å². The summed E-state index contributed by atoms with van der Waals surface area (Å²) in [5.41, 5.74) is -3.40. The predicted octanol–water partition coefficient (Wildman–Crippen LogP) is 4.61. The Labute approximate surface area is 159 Å².